The minimum absolute atomic E-state index is 1.09. The summed E-state index contributed by atoms with van der Waals surface area (Å²) in [6.07, 6.45) is 15.8. The predicted octanol–water partition coefficient (Wildman–Crippen LogP) is 7.42. The van der Waals surface area contributed by atoms with Gasteiger partial charge in [-0.25, -0.2) is 0 Å². The van der Waals surface area contributed by atoms with E-state index in [9.17, 15) is 0 Å². The van der Waals surface area contributed by atoms with Crippen LogP contribution >= 0.6 is 0 Å². The summed E-state index contributed by atoms with van der Waals surface area (Å²) in [5.74, 6) is 2.22. The minimum Gasteiger partial charge on any atom is -0.0651 e. The SMILES string of the molecule is CCC1CC1.CCC1CCCCC1.CCCc1ccccc1. The van der Waals surface area contributed by atoms with Gasteiger partial charge >= 0.3 is 0 Å². The summed E-state index contributed by atoms with van der Waals surface area (Å²) in [6.45, 7) is 6.78. The molecule has 2 saturated carbocycles. The van der Waals surface area contributed by atoms with Crippen molar-refractivity contribution in [2.45, 2.75) is 91.4 Å². The highest BCUT2D eigenvalue weighted by Crippen LogP contribution is 2.31. The van der Waals surface area contributed by atoms with Gasteiger partial charge in [0.25, 0.3) is 0 Å². The van der Waals surface area contributed by atoms with Crippen molar-refractivity contribution < 1.29 is 0 Å². The second kappa shape index (κ2) is 12.7. The van der Waals surface area contributed by atoms with Crippen LogP contribution in [0.15, 0.2) is 30.3 Å². The molecule has 0 aromatic heterocycles. The summed E-state index contributed by atoms with van der Waals surface area (Å²) >= 11 is 0. The lowest BCUT2D eigenvalue weighted by Crippen LogP contribution is -2.03. The van der Waals surface area contributed by atoms with Crippen LogP contribution in [0.2, 0.25) is 0 Å². The lowest BCUT2D eigenvalue weighted by molar-refractivity contribution is 0.349. The minimum atomic E-state index is 1.09. The Bertz CT molecular complexity index is 330. The van der Waals surface area contributed by atoms with Crippen LogP contribution in [0.4, 0.5) is 0 Å². The van der Waals surface area contributed by atoms with E-state index in [0.29, 0.717) is 0 Å². The Kier molecular flexibility index (Phi) is 11.2. The third kappa shape index (κ3) is 10.0. The average molecular weight is 303 g/mol. The van der Waals surface area contributed by atoms with E-state index in [1.807, 2.05) is 0 Å². The molecule has 0 atom stereocenters. The molecule has 0 spiro atoms. The molecule has 0 saturated heterocycles. The van der Waals surface area contributed by atoms with Crippen molar-refractivity contribution in [1.82, 2.24) is 0 Å². The summed E-state index contributed by atoms with van der Waals surface area (Å²) in [7, 11) is 0. The standard InChI is InChI=1S/C9H12.C8H16.C5H10/c1-2-6-9-7-4-3-5-8-9;1-2-8-6-4-3-5-7-8;1-2-5-3-4-5/h3-5,7-8H,2,6H2,1H3;8H,2-7H2,1H3;5H,2-4H2,1H3. The third-order valence-corrected chi connectivity index (χ3v) is 4.96. The van der Waals surface area contributed by atoms with Gasteiger partial charge in [0.1, 0.15) is 0 Å². The Morgan fingerprint density at radius 1 is 0.727 bits per heavy atom. The van der Waals surface area contributed by atoms with E-state index in [2.05, 4.69) is 51.1 Å². The first kappa shape index (κ1) is 19.3. The molecule has 2 aliphatic carbocycles. The van der Waals surface area contributed by atoms with Crippen molar-refractivity contribution in [2.24, 2.45) is 11.8 Å². The maximum absolute atomic E-state index is 2.32. The number of benzene rings is 1. The first-order chi connectivity index (χ1) is 10.8. The molecule has 0 heteroatoms. The monoisotopic (exact) mass is 302 g/mol. The van der Waals surface area contributed by atoms with Crippen LogP contribution in [0.5, 0.6) is 0 Å². The first-order valence-corrected chi connectivity index (χ1v) is 9.84. The van der Waals surface area contributed by atoms with E-state index in [-0.39, 0.29) is 0 Å². The topological polar surface area (TPSA) is 0 Å². The quantitative estimate of drug-likeness (QED) is 0.542. The largest absolute Gasteiger partial charge is 0.0651 e. The van der Waals surface area contributed by atoms with Gasteiger partial charge in [0.05, 0.1) is 0 Å². The van der Waals surface area contributed by atoms with Gasteiger partial charge in [0.15, 0.2) is 0 Å². The van der Waals surface area contributed by atoms with Crippen LogP contribution in [0, 0.1) is 11.8 Å². The zero-order valence-electron chi connectivity index (χ0n) is 15.3. The van der Waals surface area contributed by atoms with Gasteiger partial charge in [-0.1, -0.05) is 115 Å². The average Bonchev–Trinajstić information content (AvgIpc) is 3.42. The molecule has 3 rings (SSSR count). The summed E-state index contributed by atoms with van der Waals surface area (Å²) in [6, 6.07) is 10.6. The fourth-order valence-corrected chi connectivity index (χ4v) is 3.05. The third-order valence-electron chi connectivity index (χ3n) is 4.96. The molecule has 1 aromatic rings. The molecule has 2 aliphatic rings. The lowest BCUT2D eigenvalue weighted by Gasteiger charge is -2.18. The van der Waals surface area contributed by atoms with E-state index in [0.717, 1.165) is 11.8 Å². The van der Waals surface area contributed by atoms with E-state index in [4.69, 9.17) is 0 Å². The molecule has 1 aromatic carbocycles. The van der Waals surface area contributed by atoms with Crippen LogP contribution in [0.3, 0.4) is 0 Å². The molecule has 0 aliphatic heterocycles. The van der Waals surface area contributed by atoms with Crippen molar-refractivity contribution in [3.8, 4) is 0 Å². The van der Waals surface area contributed by atoms with Crippen molar-refractivity contribution in [2.75, 3.05) is 0 Å². The smallest absolute Gasteiger partial charge is 0.0281 e. The summed E-state index contributed by atoms with van der Waals surface area (Å²) in [5.41, 5.74) is 1.44. The maximum Gasteiger partial charge on any atom is -0.0281 e. The summed E-state index contributed by atoms with van der Waals surface area (Å²) < 4.78 is 0. The van der Waals surface area contributed by atoms with Crippen molar-refractivity contribution >= 4 is 0 Å². The van der Waals surface area contributed by atoms with Crippen LogP contribution in [-0.4, -0.2) is 0 Å². The van der Waals surface area contributed by atoms with E-state index < -0.39 is 0 Å². The van der Waals surface area contributed by atoms with Crippen LogP contribution in [0.25, 0.3) is 0 Å². The molecule has 0 bridgehead atoms. The fourth-order valence-electron chi connectivity index (χ4n) is 3.05. The van der Waals surface area contributed by atoms with Crippen molar-refractivity contribution in [1.29, 1.82) is 0 Å². The molecule has 0 radical (unpaired) electrons. The maximum atomic E-state index is 2.32. The highest BCUT2D eigenvalue weighted by molar-refractivity contribution is 5.14. The van der Waals surface area contributed by atoms with Gasteiger partial charge in [-0.3, -0.25) is 0 Å². The highest BCUT2D eigenvalue weighted by atomic mass is 14.2. The van der Waals surface area contributed by atoms with Gasteiger partial charge in [-0.15, -0.1) is 0 Å². The highest BCUT2D eigenvalue weighted by Gasteiger charge is 2.17. The number of rotatable bonds is 4. The normalized spacial score (nSPS) is 17.8. The van der Waals surface area contributed by atoms with E-state index >= 15 is 0 Å². The fraction of sp³-hybridized carbons (Fsp3) is 0.727. The Hall–Kier alpha value is -0.780. The van der Waals surface area contributed by atoms with Gasteiger partial charge in [-0.2, -0.15) is 0 Å². The molecule has 0 heterocycles. The van der Waals surface area contributed by atoms with Gasteiger partial charge in [0, 0.05) is 0 Å². The molecule has 0 nitrogen and oxygen atoms in total. The Labute approximate surface area is 139 Å². The zero-order valence-corrected chi connectivity index (χ0v) is 15.3. The van der Waals surface area contributed by atoms with E-state index in [1.54, 1.807) is 0 Å². The van der Waals surface area contributed by atoms with Gasteiger partial charge in [0.2, 0.25) is 0 Å². The van der Waals surface area contributed by atoms with E-state index in [1.165, 1.54) is 76.2 Å². The molecule has 2 fully saturated rings. The Balaban J connectivity index is 0.000000171. The zero-order chi connectivity index (χ0) is 16.0. The first-order valence-electron chi connectivity index (χ1n) is 9.84. The summed E-state index contributed by atoms with van der Waals surface area (Å²) in [5, 5.41) is 0. The molecular weight excluding hydrogens is 264 g/mol. The number of aryl methyl sites for hydroxylation is 1. The number of hydrogen-bond acceptors (Lipinski definition) is 0. The van der Waals surface area contributed by atoms with Crippen LogP contribution in [-0.2, 0) is 6.42 Å². The Morgan fingerprint density at radius 3 is 1.64 bits per heavy atom. The molecule has 0 amide bonds. The van der Waals surface area contributed by atoms with Crippen molar-refractivity contribution in [3.63, 3.8) is 0 Å². The lowest BCUT2D eigenvalue weighted by atomic mass is 9.88. The van der Waals surface area contributed by atoms with Crippen LogP contribution in [0.1, 0.15) is 90.5 Å². The Morgan fingerprint density at radius 2 is 1.27 bits per heavy atom. The molecule has 0 N–H and O–H groups in total. The van der Waals surface area contributed by atoms with Crippen molar-refractivity contribution in [3.05, 3.63) is 35.9 Å². The molecule has 22 heavy (non-hydrogen) atoms. The second-order valence-electron chi connectivity index (χ2n) is 7.00. The second-order valence-corrected chi connectivity index (χ2v) is 7.00. The molecular formula is C22H38. The number of hydrogen-bond donors (Lipinski definition) is 0. The van der Waals surface area contributed by atoms with Crippen LogP contribution < -0.4 is 0 Å². The van der Waals surface area contributed by atoms with Gasteiger partial charge in [-0.05, 0) is 23.8 Å². The molecule has 126 valence electrons. The summed E-state index contributed by atoms with van der Waals surface area (Å²) in [4.78, 5) is 0. The van der Waals surface area contributed by atoms with Gasteiger partial charge < -0.3 is 0 Å². The predicted molar refractivity (Wildman–Crippen MR) is 100 cm³/mol. The molecule has 0 unspecified atom stereocenters.